The Kier molecular flexibility index (Phi) is 4.12. The summed E-state index contributed by atoms with van der Waals surface area (Å²) < 4.78 is 28.4. The molecule has 0 N–H and O–H groups in total. The highest BCUT2D eigenvalue weighted by molar-refractivity contribution is 5.18. The van der Waals surface area contributed by atoms with Gasteiger partial charge in [0.25, 0.3) is 5.56 Å². The van der Waals surface area contributed by atoms with Crippen molar-refractivity contribution in [2.75, 3.05) is 0 Å². The van der Waals surface area contributed by atoms with Gasteiger partial charge in [0.2, 0.25) is 0 Å². The van der Waals surface area contributed by atoms with Crippen LogP contribution in [-0.4, -0.2) is 9.13 Å². The van der Waals surface area contributed by atoms with Crippen LogP contribution >= 0.6 is 0 Å². The second-order valence-electron chi connectivity index (χ2n) is 4.46. The molecule has 0 bridgehead atoms. The van der Waals surface area contributed by atoms with Crippen LogP contribution in [0.15, 0.2) is 40.1 Å². The molecule has 20 heavy (non-hydrogen) atoms. The molecule has 2 rings (SSSR count). The Hall–Kier alpha value is -2.24. The SMILES string of the molecule is CCCn1ccc(=O)n(Cc2ccc(F)c(F)c2)c1=O. The molecule has 0 atom stereocenters. The van der Waals surface area contributed by atoms with Crippen molar-refractivity contribution in [1.82, 2.24) is 9.13 Å². The minimum absolute atomic E-state index is 0.0839. The van der Waals surface area contributed by atoms with Crippen molar-refractivity contribution in [1.29, 1.82) is 0 Å². The van der Waals surface area contributed by atoms with Crippen LogP contribution in [0.3, 0.4) is 0 Å². The fraction of sp³-hybridized carbons (Fsp3) is 0.286. The summed E-state index contributed by atoms with van der Waals surface area (Å²) in [7, 11) is 0. The third kappa shape index (κ3) is 2.84. The van der Waals surface area contributed by atoms with E-state index in [1.54, 1.807) is 0 Å². The van der Waals surface area contributed by atoms with Crippen molar-refractivity contribution < 1.29 is 8.78 Å². The van der Waals surface area contributed by atoms with E-state index in [0.717, 1.165) is 23.1 Å². The van der Waals surface area contributed by atoms with Gasteiger partial charge in [-0.2, -0.15) is 0 Å². The standard InChI is InChI=1S/C14H14F2N2O2/c1-2-6-17-7-5-13(19)18(14(17)20)9-10-3-4-11(15)12(16)8-10/h3-5,7-8H,2,6,9H2,1H3. The van der Waals surface area contributed by atoms with Gasteiger partial charge in [0.15, 0.2) is 11.6 Å². The number of aromatic nitrogens is 2. The van der Waals surface area contributed by atoms with Crippen molar-refractivity contribution in [2.24, 2.45) is 0 Å². The number of hydrogen-bond acceptors (Lipinski definition) is 2. The number of rotatable bonds is 4. The van der Waals surface area contributed by atoms with Crippen molar-refractivity contribution >= 4 is 0 Å². The molecule has 2 aromatic rings. The molecule has 0 aliphatic rings. The van der Waals surface area contributed by atoms with Crippen molar-refractivity contribution in [3.8, 4) is 0 Å². The molecule has 0 saturated heterocycles. The third-order valence-electron chi connectivity index (χ3n) is 2.93. The molecule has 6 heteroatoms. The molecule has 0 fully saturated rings. The van der Waals surface area contributed by atoms with E-state index in [2.05, 4.69) is 0 Å². The lowest BCUT2D eigenvalue weighted by atomic mass is 10.2. The maximum Gasteiger partial charge on any atom is 0.331 e. The highest BCUT2D eigenvalue weighted by Gasteiger charge is 2.08. The van der Waals surface area contributed by atoms with Gasteiger partial charge in [0.1, 0.15) is 0 Å². The quantitative estimate of drug-likeness (QED) is 0.856. The molecule has 0 aliphatic heterocycles. The average molecular weight is 280 g/mol. The Morgan fingerprint density at radius 3 is 2.50 bits per heavy atom. The highest BCUT2D eigenvalue weighted by Crippen LogP contribution is 2.08. The second kappa shape index (κ2) is 5.81. The van der Waals surface area contributed by atoms with E-state index in [4.69, 9.17) is 0 Å². The summed E-state index contributed by atoms with van der Waals surface area (Å²) in [5, 5.41) is 0. The number of benzene rings is 1. The largest absolute Gasteiger partial charge is 0.331 e. The van der Waals surface area contributed by atoms with Crippen LogP contribution in [0.4, 0.5) is 8.78 Å². The Bertz CT molecular complexity index is 735. The molecule has 0 saturated carbocycles. The predicted octanol–water partition coefficient (Wildman–Crippen LogP) is 1.75. The molecule has 0 unspecified atom stereocenters. The van der Waals surface area contributed by atoms with Crippen LogP contribution < -0.4 is 11.2 Å². The molecule has 1 aromatic heterocycles. The van der Waals surface area contributed by atoms with Crippen molar-refractivity contribution in [3.63, 3.8) is 0 Å². The number of halogens is 2. The lowest BCUT2D eigenvalue weighted by Crippen LogP contribution is -2.39. The Balaban J connectivity index is 2.42. The molecular weight excluding hydrogens is 266 g/mol. The first-order valence-corrected chi connectivity index (χ1v) is 6.27. The minimum atomic E-state index is -1.000. The van der Waals surface area contributed by atoms with E-state index in [0.29, 0.717) is 12.1 Å². The van der Waals surface area contributed by atoms with E-state index in [1.165, 1.54) is 22.9 Å². The van der Waals surface area contributed by atoms with E-state index in [1.807, 2.05) is 6.92 Å². The highest BCUT2D eigenvalue weighted by atomic mass is 19.2. The van der Waals surface area contributed by atoms with E-state index in [-0.39, 0.29) is 6.54 Å². The summed E-state index contributed by atoms with van der Waals surface area (Å²) in [6, 6.07) is 4.60. The molecule has 1 heterocycles. The van der Waals surface area contributed by atoms with Gasteiger partial charge in [-0.05, 0) is 24.1 Å². The van der Waals surface area contributed by atoms with Crippen LogP contribution in [0.5, 0.6) is 0 Å². The van der Waals surface area contributed by atoms with Crippen molar-refractivity contribution in [3.05, 3.63) is 68.5 Å². The molecule has 4 nitrogen and oxygen atoms in total. The zero-order chi connectivity index (χ0) is 14.7. The first kappa shape index (κ1) is 14.2. The van der Waals surface area contributed by atoms with E-state index < -0.39 is 22.9 Å². The van der Waals surface area contributed by atoms with Gasteiger partial charge < -0.3 is 4.57 Å². The third-order valence-corrected chi connectivity index (χ3v) is 2.93. The predicted molar refractivity (Wildman–Crippen MR) is 70.7 cm³/mol. The Morgan fingerprint density at radius 1 is 1.10 bits per heavy atom. The van der Waals surface area contributed by atoms with Gasteiger partial charge in [0, 0.05) is 18.8 Å². The van der Waals surface area contributed by atoms with Gasteiger partial charge in [-0.25, -0.2) is 13.6 Å². The number of hydrogen-bond donors (Lipinski definition) is 0. The summed E-state index contributed by atoms with van der Waals surface area (Å²) in [5.74, 6) is -1.96. The van der Waals surface area contributed by atoms with Gasteiger partial charge in [-0.15, -0.1) is 0 Å². The summed E-state index contributed by atoms with van der Waals surface area (Å²) in [6.07, 6.45) is 2.19. The van der Waals surface area contributed by atoms with Gasteiger partial charge in [0.05, 0.1) is 6.54 Å². The van der Waals surface area contributed by atoms with Crippen LogP contribution in [0.25, 0.3) is 0 Å². The summed E-state index contributed by atoms with van der Waals surface area (Å²) in [6.45, 7) is 2.33. The zero-order valence-electron chi connectivity index (χ0n) is 11.0. The summed E-state index contributed by atoms with van der Waals surface area (Å²) in [4.78, 5) is 23.8. The molecule has 1 aromatic carbocycles. The lowest BCUT2D eigenvalue weighted by Gasteiger charge is -2.09. The number of aryl methyl sites for hydroxylation is 1. The van der Waals surface area contributed by atoms with Crippen molar-refractivity contribution in [2.45, 2.75) is 26.4 Å². The number of nitrogens with zero attached hydrogens (tertiary/aromatic N) is 2. The summed E-state index contributed by atoms with van der Waals surface area (Å²) in [5.41, 5.74) is -0.562. The Labute approximate surface area is 113 Å². The van der Waals surface area contributed by atoms with Gasteiger partial charge in [-0.3, -0.25) is 9.36 Å². The Morgan fingerprint density at radius 2 is 1.85 bits per heavy atom. The molecular formula is C14H14F2N2O2. The van der Waals surface area contributed by atoms with E-state index >= 15 is 0 Å². The average Bonchev–Trinajstić information content (AvgIpc) is 2.42. The monoisotopic (exact) mass is 280 g/mol. The molecule has 0 amide bonds. The van der Waals surface area contributed by atoms with E-state index in [9.17, 15) is 18.4 Å². The maximum atomic E-state index is 13.1. The van der Waals surface area contributed by atoms with Crippen LogP contribution in [0.2, 0.25) is 0 Å². The minimum Gasteiger partial charge on any atom is -0.300 e. The fourth-order valence-corrected chi connectivity index (χ4v) is 1.93. The fourth-order valence-electron chi connectivity index (χ4n) is 1.93. The first-order chi connectivity index (χ1) is 9.52. The molecule has 0 aliphatic carbocycles. The zero-order valence-corrected chi connectivity index (χ0v) is 11.0. The van der Waals surface area contributed by atoms with Gasteiger partial charge >= 0.3 is 5.69 Å². The summed E-state index contributed by atoms with van der Waals surface area (Å²) >= 11 is 0. The lowest BCUT2D eigenvalue weighted by molar-refractivity contribution is 0.505. The van der Waals surface area contributed by atoms with Crippen LogP contribution in [0.1, 0.15) is 18.9 Å². The van der Waals surface area contributed by atoms with Crippen LogP contribution in [-0.2, 0) is 13.1 Å². The molecule has 106 valence electrons. The maximum absolute atomic E-state index is 13.1. The molecule has 0 radical (unpaired) electrons. The smallest absolute Gasteiger partial charge is 0.300 e. The second-order valence-corrected chi connectivity index (χ2v) is 4.46. The van der Waals surface area contributed by atoms with Gasteiger partial charge in [-0.1, -0.05) is 13.0 Å². The molecule has 0 spiro atoms. The first-order valence-electron chi connectivity index (χ1n) is 6.27. The van der Waals surface area contributed by atoms with Crippen LogP contribution in [0, 0.1) is 11.6 Å². The topological polar surface area (TPSA) is 44.0 Å². The normalized spacial score (nSPS) is 10.8.